The number of hydrogen-bond acceptors (Lipinski definition) is 5. The second-order valence-corrected chi connectivity index (χ2v) is 6.62. The van der Waals surface area contributed by atoms with Crippen LogP contribution in [0.4, 0.5) is 5.00 Å². The van der Waals surface area contributed by atoms with Crippen molar-refractivity contribution in [3.05, 3.63) is 10.4 Å². The molecule has 4 heterocycles. The highest BCUT2D eigenvalue weighted by Crippen LogP contribution is 2.46. The van der Waals surface area contributed by atoms with E-state index in [0.29, 0.717) is 6.54 Å². The Hall–Kier alpha value is -0.720. The first kappa shape index (κ1) is 12.3. The number of thioether (sulfide) groups is 1. The summed E-state index contributed by atoms with van der Waals surface area (Å²) in [6, 6.07) is 0. The molecule has 0 unspecified atom stereocenters. The number of thiophene rings is 1. The number of aliphatic imine (C=N–C) groups is 1. The van der Waals surface area contributed by atoms with Crippen LogP contribution in [0.2, 0.25) is 0 Å². The van der Waals surface area contributed by atoms with E-state index in [0.717, 1.165) is 17.5 Å². The molecule has 0 aromatic carbocycles. The number of amides is 1. The van der Waals surface area contributed by atoms with Gasteiger partial charge >= 0.3 is 0 Å². The van der Waals surface area contributed by atoms with Crippen LogP contribution in [-0.4, -0.2) is 29.1 Å². The molecule has 1 saturated heterocycles. The third kappa shape index (κ3) is 1.74. The number of aryl methyl sites for hydroxylation is 1. The summed E-state index contributed by atoms with van der Waals surface area (Å²) in [6.45, 7) is 1.29. The minimum absolute atomic E-state index is 0. The molecule has 0 saturated carbocycles. The highest BCUT2D eigenvalue weighted by atomic mass is 35.5. The van der Waals surface area contributed by atoms with Crippen molar-refractivity contribution in [3.63, 3.8) is 0 Å². The molecule has 1 aromatic heterocycles. The number of fused-ring (bicyclic) bond motifs is 4. The van der Waals surface area contributed by atoms with Crippen LogP contribution in [0.5, 0.6) is 0 Å². The lowest BCUT2D eigenvalue weighted by molar-refractivity contribution is -0.118. The fourth-order valence-electron chi connectivity index (χ4n) is 2.47. The van der Waals surface area contributed by atoms with E-state index in [1.807, 2.05) is 16.7 Å². The highest BCUT2D eigenvalue weighted by Gasteiger charge is 2.33. The first-order chi connectivity index (χ1) is 8.31. The molecule has 0 spiro atoms. The van der Waals surface area contributed by atoms with Gasteiger partial charge in [0.2, 0.25) is 11.9 Å². The number of hydrogen-bond donors (Lipinski definition) is 1. The van der Waals surface area contributed by atoms with E-state index in [-0.39, 0.29) is 18.3 Å². The molecule has 96 valence electrons. The van der Waals surface area contributed by atoms with E-state index in [2.05, 4.69) is 10.3 Å². The predicted molar refractivity (Wildman–Crippen MR) is 76.3 cm³/mol. The third-order valence-electron chi connectivity index (χ3n) is 3.24. The van der Waals surface area contributed by atoms with Gasteiger partial charge in [0.1, 0.15) is 11.5 Å². The second-order valence-electron chi connectivity index (χ2n) is 4.43. The van der Waals surface area contributed by atoms with Gasteiger partial charge in [-0.15, -0.1) is 35.5 Å². The van der Waals surface area contributed by atoms with Gasteiger partial charge in [0.15, 0.2) is 0 Å². The Morgan fingerprint density at radius 2 is 2.22 bits per heavy atom. The number of nitrogens with zero attached hydrogens (tertiary/aromatic N) is 2. The van der Waals surface area contributed by atoms with Gasteiger partial charge in [-0.3, -0.25) is 10.1 Å². The predicted octanol–water partition coefficient (Wildman–Crippen LogP) is 2.14. The smallest absolute Gasteiger partial charge is 0.246 e. The zero-order valence-electron chi connectivity index (χ0n) is 9.56. The van der Waals surface area contributed by atoms with E-state index >= 15 is 0 Å². The quantitative estimate of drug-likeness (QED) is 0.798. The van der Waals surface area contributed by atoms with Crippen LogP contribution in [0.25, 0.3) is 0 Å². The number of nitrogens with one attached hydrogen (secondary N) is 1. The average molecular weight is 302 g/mol. The lowest BCUT2D eigenvalue weighted by Crippen LogP contribution is -2.31. The van der Waals surface area contributed by atoms with Crippen molar-refractivity contribution in [3.8, 4) is 0 Å². The molecule has 1 N–H and O–H groups in total. The Balaban J connectivity index is 0.000001000. The minimum atomic E-state index is 0. The van der Waals surface area contributed by atoms with Crippen molar-refractivity contribution >= 4 is 52.4 Å². The Kier molecular flexibility index (Phi) is 3.03. The lowest BCUT2D eigenvalue weighted by Gasteiger charge is -2.22. The van der Waals surface area contributed by atoms with Crippen molar-refractivity contribution in [1.29, 1.82) is 0 Å². The average Bonchev–Trinajstić information content (AvgIpc) is 2.84. The molecule has 3 aliphatic heterocycles. The fourth-order valence-corrected chi connectivity index (χ4v) is 5.04. The molecule has 1 amide bonds. The normalized spacial score (nSPS) is 20.3. The van der Waals surface area contributed by atoms with Crippen molar-refractivity contribution in [1.82, 2.24) is 10.2 Å². The van der Waals surface area contributed by atoms with Crippen LogP contribution < -0.4 is 5.32 Å². The van der Waals surface area contributed by atoms with Gasteiger partial charge in [-0.2, -0.15) is 0 Å². The maximum Gasteiger partial charge on any atom is 0.246 e. The van der Waals surface area contributed by atoms with Crippen LogP contribution in [0.1, 0.15) is 16.9 Å². The van der Waals surface area contributed by atoms with Crippen LogP contribution >= 0.6 is 35.5 Å². The topological polar surface area (TPSA) is 44.7 Å². The second kappa shape index (κ2) is 4.43. The zero-order valence-corrected chi connectivity index (χ0v) is 12.0. The van der Waals surface area contributed by atoms with E-state index in [4.69, 9.17) is 0 Å². The summed E-state index contributed by atoms with van der Waals surface area (Å²) in [6.07, 6.45) is 2.46. The van der Waals surface area contributed by atoms with E-state index in [1.54, 1.807) is 11.3 Å². The third-order valence-corrected chi connectivity index (χ3v) is 5.83. The van der Waals surface area contributed by atoms with Crippen LogP contribution in [0.15, 0.2) is 9.89 Å². The van der Waals surface area contributed by atoms with Crippen molar-refractivity contribution < 1.29 is 4.79 Å². The number of halogens is 1. The molecule has 1 aromatic rings. The minimum Gasteiger partial charge on any atom is -0.329 e. The summed E-state index contributed by atoms with van der Waals surface area (Å²) in [5.74, 6) is 2.01. The Morgan fingerprint density at radius 3 is 3.11 bits per heavy atom. The zero-order chi connectivity index (χ0) is 11.4. The van der Waals surface area contributed by atoms with Crippen molar-refractivity contribution in [2.75, 3.05) is 12.3 Å². The van der Waals surface area contributed by atoms with Gasteiger partial charge in [0.05, 0.1) is 6.54 Å². The lowest BCUT2D eigenvalue weighted by atomic mass is 10.2. The van der Waals surface area contributed by atoms with Crippen molar-refractivity contribution in [2.45, 2.75) is 24.3 Å². The molecule has 4 rings (SSSR count). The number of carbonyl (C=O) groups is 1. The first-order valence-electron chi connectivity index (χ1n) is 5.72. The fraction of sp³-hybridized carbons (Fsp3) is 0.455. The molecule has 0 bridgehead atoms. The molecule has 7 heteroatoms. The summed E-state index contributed by atoms with van der Waals surface area (Å²) in [5, 5.41) is 3.92. The maximum atomic E-state index is 11.3. The Morgan fingerprint density at radius 1 is 1.33 bits per heavy atom. The van der Waals surface area contributed by atoms with Gasteiger partial charge in [0.25, 0.3) is 0 Å². The standard InChI is InChI=1S/C11H11N3OS2.ClH/c15-8-5-14-4-6-9-7(2-1-3-16-9)17-10(6)13-11(14)12-8;/h1-5H2,(H,12,13,15);1H. The number of rotatable bonds is 0. The van der Waals surface area contributed by atoms with E-state index < -0.39 is 0 Å². The number of carbonyl (C=O) groups excluding carboxylic acids is 1. The molecular weight excluding hydrogens is 290 g/mol. The highest BCUT2D eigenvalue weighted by molar-refractivity contribution is 7.99. The monoisotopic (exact) mass is 301 g/mol. The summed E-state index contributed by atoms with van der Waals surface area (Å²) in [4.78, 5) is 20.9. The van der Waals surface area contributed by atoms with E-state index in [1.165, 1.54) is 33.9 Å². The molecule has 18 heavy (non-hydrogen) atoms. The molecule has 0 atom stereocenters. The summed E-state index contributed by atoms with van der Waals surface area (Å²) >= 11 is 3.76. The SMILES string of the molecule is Cl.O=C1CN2Cc3c(sc4c3SCCC4)N=C2N1. The molecule has 3 aliphatic rings. The van der Waals surface area contributed by atoms with Crippen molar-refractivity contribution in [2.24, 2.45) is 4.99 Å². The summed E-state index contributed by atoms with van der Waals surface area (Å²) < 4.78 is 0. The summed E-state index contributed by atoms with van der Waals surface area (Å²) in [5.41, 5.74) is 1.34. The summed E-state index contributed by atoms with van der Waals surface area (Å²) in [7, 11) is 0. The van der Waals surface area contributed by atoms with Crippen LogP contribution in [0, 0.1) is 0 Å². The van der Waals surface area contributed by atoms with E-state index in [9.17, 15) is 4.79 Å². The van der Waals surface area contributed by atoms with Gasteiger partial charge in [-0.25, -0.2) is 4.99 Å². The van der Waals surface area contributed by atoms with Crippen LogP contribution in [-0.2, 0) is 17.8 Å². The van der Waals surface area contributed by atoms with Gasteiger partial charge < -0.3 is 4.90 Å². The molecule has 0 aliphatic carbocycles. The van der Waals surface area contributed by atoms with Gasteiger partial charge in [-0.05, 0) is 18.6 Å². The van der Waals surface area contributed by atoms with Gasteiger partial charge in [-0.1, -0.05) is 0 Å². The number of guanidine groups is 1. The maximum absolute atomic E-state index is 11.3. The van der Waals surface area contributed by atoms with Gasteiger partial charge in [0, 0.05) is 15.3 Å². The Labute approximate surface area is 119 Å². The Bertz CT molecular complexity index is 555. The van der Waals surface area contributed by atoms with Crippen LogP contribution in [0.3, 0.4) is 0 Å². The first-order valence-corrected chi connectivity index (χ1v) is 7.52. The molecule has 0 radical (unpaired) electrons. The molecule has 1 fully saturated rings. The molecule has 4 nitrogen and oxygen atoms in total. The molecular formula is C11H12ClN3OS2. The largest absolute Gasteiger partial charge is 0.329 e.